The molecule has 26 heavy (non-hydrogen) atoms. The second-order valence-electron chi connectivity index (χ2n) is 7.26. The molecule has 2 heteroatoms. The number of thiol groups is 2. The van der Waals surface area contributed by atoms with Gasteiger partial charge in [-0.3, -0.25) is 0 Å². The average Bonchev–Trinajstić information content (AvgIpc) is 2.69. The molecule has 0 heterocycles. The van der Waals surface area contributed by atoms with E-state index in [9.17, 15) is 0 Å². The molecular formula is C24H12S2. The predicted molar refractivity (Wildman–Crippen MR) is 120 cm³/mol. The van der Waals surface area contributed by atoms with Crippen molar-refractivity contribution >= 4 is 89.9 Å². The van der Waals surface area contributed by atoms with Gasteiger partial charge in [0.25, 0.3) is 0 Å². The molecule has 0 saturated carbocycles. The molecule has 0 aliphatic heterocycles. The van der Waals surface area contributed by atoms with Crippen LogP contribution in [0.3, 0.4) is 0 Å². The third-order valence-electron chi connectivity index (χ3n) is 6.11. The molecule has 0 aliphatic rings. The van der Waals surface area contributed by atoms with Crippen LogP contribution in [0.5, 0.6) is 0 Å². The number of hydrogen-bond donors (Lipinski definition) is 2. The van der Waals surface area contributed by atoms with Gasteiger partial charge in [-0.2, -0.15) is 0 Å². The summed E-state index contributed by atoms with van der Waals surface area (Å²) in [5.41, 5.74) is 0. The Kier molecular flexibility index (Phi) is 2.26. The van der Waals surface area contributed by atoms with Crippen LogP contribution in [0.2, 0.25) is 0 Å². The van der Waals surface area contributed by atoms with Crippen molar-refractivity contribution in [3.8, 4) is 0 Å². The topological polar surface area (TPSA) is 0 Å². The zero-order valence-electron chi connectivity index (χ0n) is 13.7. The fraction of sp³-hybridized carbons (Fsp3) is 0. The summed E-state index contributed by atoms with van der Waals surface area (Å²) in [7, 11) is 0. The maximum absolute atomic E-state index is 4.85. The molecular weight excluding hydrogens is 352 g/mol. The van der Waals surface area contributed by atoms with Crippen LogP contribution in [0.4, 0.5) is 0 Å². The normalized spacial score (nSPS) is 13.0. The van der Waals surface area contributed by atoms with Gasteiger partial charge in [-0.1, -0.05) is 60.7 Å². The quantitative estimate of drug-likeness (QED) is 0.155. The van der Waals surface area contributed by atoms with Crippen LogP contribution < -0.4 is 0 Å². The lowest BCUT2D eigenvalue weighted by Gasteiger charge is -2.22. The lowest BCUT2D eigenvalue weighted by molar-refractivity contribution is 1.39. The Balaban J connectivity index is 2.09. The summed E-state index contributed by atoms with van der Waals surface area (Å²) in [5.74, 6) is 0. The lowest BCUT2D eigenvalue weighted by atomic mass is 9.83. The van der Waals surface area contributed by atoms with Gasteiger partial charge in [0.1, 0.15) is 0 Å². The summed E-state index contributed by atoms with van der Waals surface area (Å²) in [6.07, 6.45) is 0. The van der Waals surface area contributed by atoms with Crippen molar-refractivity contribution < 1.29 is 0 Å². The van der Waals surface area contributed by atoms with Crippen LogP contribution >= 0.6 is 25.3 Å². The van der Waals surface area contributed by atoms with E-state index in [-0.39, 0.29) is 0 Å². The van der Waals surface area contributed by atoms with Gasteiger partial charge in [-0.25, -0.2) is 0 Å². The molecule has 0 N–H and O–H groups in total. The summed E-state index contributed by atoms with van der Waals surface area (Å²) >= 11 is 9.69. The van der Waals surface area contributed by atoms with E-state index >= 15 is 0 Å². The second kappa shape index (κ2) is 4.28. The molecule has 0 bridgehead atoms. The largest absolute Gasteiger partial charge is 0.142 e. The molecule has 7 aromatic carbocycles. The zero-order valence-corrected chi connectivity index (χ0v) is 15.5. The first-order valence-electron chi connectivity index (χ1n) is 8.75. The van der Waals surface area contributed by atoms with Gasteiger partial charge in [0, 0.05) is 9.79 Å². The van der Waals surface area contributed by atoms with Crippen molar-refractivity contribution in [2.75, 3.05) is 0 Å². The summed E-state index contributed by atoms with van der Waals surface area (Å²) in [5, 5.41) is 15.8. The second-order valence-corrected chi connectivity index (χ2v) is 8.16. The van der Waals surface area contributed by atoms with E-state index in [1.165, 1.54) is 64.6 Å². The van der Waals surface area contributed by atoms with E-state index < -0.39 is 0 Å². The molecule has 7 rings (SSSR count). The van der Waals surface area contributed by atoms with Gasteiger partial charge in [0.05, 0.1) is 0 Å². The Morgan fingerprint density at radius 2 is 0.615 bits per heavy atom. The maximum atomic E-state index is 4.85. The van der Waals surface area contributed by atoms with Gasteiger partial charge < -0.3 is 0 Å². The van der Waals surface area contributed by atoms with Crippen molar-refractivity contribution in [3.05, 3.63) is 60.7 Å². The third kappa shape index (κ3) is 1.34. The van der Waals surface area contributed by atoms with Crippen LogP contribution in [0, 0.1) is 0 Å². The smallest absolute Gasteiger partial charge is 0.0259 e. The van der Waals surface area contributed by atoms with E-state index in [0.717, 1.165) is 9.79 Å². The zero-order chi connectivity index (χ0) is 17.2. The standard InChI is InChI=1S/C24H12S2/c25-23-15-9-7-13-5-3-11-1-2-12-4-6-14-8-10-16(24(23)26)22-20(14)18(12)17(11)19(13)21(15)22/h1-10,25-26H. The molecule has 7 aromatic rings. The van der Waals surface area contributed by atoms with Crippen molar-refractivity contribution in [2.45, 2.75) is 9.79 Å². The average molecular weight is 364 g/mol. The summed E-state index contributed by atoms with van der Waals surface area (Å²) in [6, 6.07) is 22.4. The van der Waals surface area contributed by atoms with Crippen LogP contribution in [0.25, 0.3) is 64.6 Å². The molecule has 0 saturated heterocycles. The van der Waals surface area contributed by atoms with E-state index in [1.807, 2.05) is 0 Å². The molecule has 0 aliphatic carbocycles. The SMILES string of the molecule is Sc1c(S)c2ccc3ccc4ccc5ccc6ccc1c1c6c5c4c3c21. The summed E-state index contributed by atoms with van der Waals surface area (Å²) < 4.78 is 0. The van der Waals surface area contributed by atoms with E-state index in [2.05, 4.69) is 60.7 Å². The van der Waals surface area contributed by atoms with Crippen LogP contribution in [-0.4, -0.2) is 0 Å². The van der Waals surface area contributed by atoms with E-state index in [0.29, 0.717) is 0 Å². The third-order valence-corrected chi connectivity index (χ3v) is 7.22. The lowest BCUT2D eigenvalue weighted by Crippen LogP contribution is -1.94. The van der Waals surface area contributed by atoms with Crippen LogP contribution in [0.15, 0.2) is 70.5 Å². The Labute approximate surface area is 160 Å². The fourth-order valence-corrected chi connectivity index (χ4v) is 5.65. The van der Waals surface area contributed by atoms with Crippen molar-refractivity contribution in [2.24, 2.45) is 0 Å². The molecule has 0 radical (unpaired) electrons. The highest BCUT2D eigenvalue weighted by Gasteiger charge is 2.22. The number of benzene rings is 7. The fourth-order valence-electron chi connectivity index (χ4n) is 5.03. The highest BCUT2D eigenvalue weighted by Crippen LogP contribution is 2.50. The molecule has 0 unspecified atom stereocenters. The Bertz CT molecular complexity index is 1510. The van der Waals surface area contributed by atoms with E-state index in [1.54, 1.807) is 0 Å². The first-order valence-corrected chi connectivity index (χ1v) is 9.65. The van der Waals surface area contributed by atoms with Crippen LogP contribution in [0.1, 0.15) is 0 Å². The van der Waals surface area contributed by atoms with E-state index in [4.69, 9.17) is 25.3 Å². The Morgan fingerprint density at radius 1 is 0.346 bits per heavy atom. The Hall–Kier alpha value is -2.42. The molecule has 0 atom stereocenters. The van der Waals surface area contributed by atoms with Crippen molar-refractivity contribution in [1.82, 2.24) is 0 Å². The molecule has 0 fully saturated rings. The first-order chi connectivity index (χ1) is 12.7. The summed E-state index contributed by atoms with van der Waals surface area (Å²) in [4.78, 5) is 1.95. The highest BCUT2D eigenvalue weighted by molar-refractivity contribution is 7.84. The van der Waals surface area contributed by atoms with Crippen molar-refractivity contribution in [3.63, 3.8) is 0 Å². The minimum absolute atomic E-state index is 0.973. The van der Waals surface area contributed by atoms with Crippen molar-refractivity contribution in [1.29, 1.82) is 0 Å². The number of rotatable bonds is 0. The molecule has 120 valence electrons. The van der Waals surface area contributed by atoms with Gasteiger partial charge in [0.2, 0.25) is 0 Å². The van der Waals surface area contributed by atoms with Gasteiger partial charge in [0.15, 0.2) is 0 Å². The molecule has 0 nitrogen and oxygen atoms in total. The Morgan fingerprint density at radius 3 is 0.962 bits per heavy atom. The molecule has 0 spiro atoms. The van der Waals surface area contributed by atoms with Gasteiger partial charge >= 0.3 is 0 Å². The first kappa shape index (κ1) is 13.7. The summed E-state index contributed by atoms with van der Waals surface area (Å²) in [6.45, 7) is 0. The molecule has 0 amide bonds. The number of hydrogen-bond acceptors (Lipinski definition) is 2. The highest BCUT2D eigenvalue weighted by atomic mass is 32.1. The minimum atomic E-state index is 0.973. The predicted octanol–water partition coefficient (Wildman–Crippen LogP) is 7.50. The maximum Gasteiger partial charge on any atom is 0.0259 e. The van der Waals surface area contributed by atoms with Crippen LogP contribution in [-0.2, 0) is 0 Å². The minimum Gasteiger partial charge on any atom is -0.142 e. The van der Waals surface area contributed by atoms with Gasteiger partial charge in [-0.15, -0.1) is 25.3 Å². The monoisotopic (exact) mass is 364 g/mol. The molecule has 0 aromatic heterocycles. The van der Waals surface area contributed by atoms with Gasteiger partial charge in [-0.05, 0) is 64.6 Å².